The van der Waals surface area contributed by atoms with Crippen LogP contribution in [0.5, 0.6) is 0 Å². The van der Waals surface area contributed by atoms with Gasteiger partial charge in [-0.1, -0.05) is 13.3 Å². The Morgan fingerprint density at radius 3 is 2.71 bits per heavy atom. The highest BCUT2D eigenvalue weighted by atomic mass is 16.2. The van der Waals surface area contributed by atoms with E-state index in [1.807, 2.05) is 42.1 Å². The Hall–Kier alpha value is -2.63. The molecule has 3 heterocycles. The molecule has 0 unspecified atom stereocenters. The van der Waals surface area contributed by atoms with Crippen LogP contribution in [-0.2, 0) is 11.3 Å². The number of carbonyl (C=O) groups excluding carboxylic acids is 1. The van der Waals surface area contributed by atoms with Crippen LogP contribution in [0.4, 0.5) is 0 Å². The first kappa shape index (κ1) is 16.2. The summed E-state index contributed by atoms with van der Waals surface area (Å²) in [6.45, 7) is 6.99. The molecule has 0 saturated heterocycles. The van der Waals surface area contributed by atoms with E-state index in [2.05, 4.69) is 29.2 Å². The van der Waals surface area contributed by atoms with Gasteiger partial charge in [0.05, 0.1) is 5.39 Å². The number of hydrogen-bond donors (Lipinski definition) is 1. The fraction of sp³-hybridized carbons (Fsp3) is 0.389. The van der Waals surface area contributed by atoms with E-state index >= 15 is 0 Å². The van der Waals surface area contributed by atoms with Crippen molar-refractivity contribution in [3.8, 4) is 5.82 Å². The zero-order valence-electron chi connectivity index (χ0n) is 14.4. The molecule has 3 aromatic heterocycles. The summed E-state index contributed by atoms with van der Waals surface area (Å²) in [5, 5.41) is 8.58. The van der Waals surface area contributed by atoms with Crippen molar-refractivity contribution < 1.29 is 4.79 Å². The first-order valence-electron chi connectivity index (χ1n) is 8.35. The molecule has 6 nitrogen and oxygen atoms in total. The second-order valence-electron chi connectivity index (χ2n) is 6.05. The van der Waals surface area contributed by atoms with E-state index in [9.17, 15) is 4.79 Å². The molecule has 0 aliphatic heterocycles. The van der Waals surface area contributed by atoms with E-state index in [0.29, 0.717) is 6.54 Å². The summed E-state index contributed by atoms with van der Waals surface area (Å²) in [6, 6.07) is 5.96. The van der Waals surface area contributed by atoms with E-state index in [0.717, 1.165) is 41.0 Å². The van der Waals surface area contributed by atoms with Crippen molar-refractivity contribution in [2.45, 2.75) is 40.2 Å². The molecular formula is C18H23N5O. The molecule has 0 spiro atoms. The molecule has 24 heavy (non-hydrogen) atoms. The second-order valence-corrected chi connectivity index (χ2v) is 6.05. The van der Waals surface area contributed by atoms with Gasteiger partial charge in [-0.15, -0.1) is 0 Å². The van der Waals surface area contributed by atoms with Crippen molar-refractivity contribution in [2.75, 3.05) is 6.54 Å². The number of fused-ring (bicyclic) bond motifs is 1. The molecular weight excluding hydrogens is 302 g/mol. The molecule has 0 fully saturated rings. The summed E-state index contributed by atoms with van der Waals surface area (Å²) in [4.78, 5) is 16.8. The molecule has 0 bridgehead atoms. The molecule has 0 saturated carbocycles. The van der Waals surface area contributed by atoms with Crippen molar-refractivity contribution in [1.82, 2.24) is 24.6 Å². The number of nitrogens with zero attached hydrogens (tertiary/aromatic N) is 4. The molecule has 1 N–H and O–H groups in total. The lowest BCUT2D eigenvalue weighted by atomic mass is 10.2. The second kappa shape index (κ2) is 6.86. The SMILES string of the molecule is CCCCNC(=O)Cn1nc(-n2cccc2)c2c(C)cc(C)nc21. The Morgan fingerprint density at radius 1 is 1.25 bits per heavy atom. The van der Waals surface area contributed by atoms with E-state index in [4.69, 9.17) is 0 Å². The van der Waals surface area contributed by atoms with Gasteiger partial charge < -0.3 is 9.88 Å². The molecule has 0 radical (unpaired) electrons. The van der Waals surface area contributed by atoms with Crippen LogP contribution < -0.4 is 5.32 Å². The third kappa shape index (κ3) is 3.18. The predicted octanol–water partition coefficient (Wildman–Crippen LogP) is 2.76. The van der Waals surface area contributed by atoms with Crippen molar-refractivity contribution in [3.05, 3.63) is 41.9 Å². The number of aryl methyl sites for hydroxylation is 2. The summed E-state index contributed by atoms with van der Waals surface area (Å²) in [7, 11) is 0. The Balaban J connectivity index is 2.00. The van der Waals surface area contributed by atoms with Crippen LogP contribution in [0.1, 0.15) is 31.0 Å². The lowest BCUT2D eigenvalue weighted by molar-refractivity contribution is -0.121. The third-order valence-corrected chi connectivity index (χ3v) is 4.00. The number of amides is 1. The first-order chi connectivity index (χ1) is 11.6. The summed E-state index contributed by atoms with van der Waals surface area (Å²) < 4.78 is 3.66. The highest BCUT2D eigenvalue weighted by Gasteiger charge is 2.17. The summed E-state index contributed by atoms with van der Waals surface area (Å²) in [5.74, 6) is 0.772. The largest absolute Gasteiger partial charge is 0.354 e. The molecule has 0 aliphatic carbocycles. The number of pyridine rings is 1. The van der Waals surface area contributed by atoms with Crippen molar-refractivity contribution in [3.63, 3.8) is 0 Å². The van der Waals surface area contributed by atoms with E-state index in [1.165, 1.54) is 0 Å². The maximum atomic E-state index is 12.2. The van der Waals surface area contributed by atoms with Crippen molar-refractivity contribution in [2.24, 2.45) is 0 Å². The highest BCUT2D eigenvalue weighted by molar-refractivity contribution is 5.88. The zero-order valence-corrected chi connectivity index (χ0v) is 14.4. The molecule has 0 aromatic carbocycles. The Labute approximate surface area is 141 Å². The van der Waals surface area contributed by atoms with Gasteiger partial charge in [0, 0.05) is 24.6 Å². The standard InChI is InChI=1S/C18H23N5O/c1-4-5-8-19-15(24)12-23-17-16(13(2)11-14(3)20-17)18(21-23)22-9-6-7-10-22/h6-7,9-11H,4-5,8,12H2,1-3H3,(H,19,24). The Bertz CT molecular complexity index is 848. The lowest BCUT2D eigenvalue weighted by Gasteiger charge is -2.05. The van der Waals surface area contributed by atoms with E-state index in [-0.39, 0.29) is 12.5 Å². The topological polar surface area (TPSA) is 64.7 Å². The van der Waals surface area contributed by atoms with E-state index in [1.54, 1.807) is 4.68 Å². The maximum absolute atomic E-state index is 12.2. The van der Waals surface area contributed by atoms with Crippen LogP contribution >= 0.6 is 0 Å². The smallest absolute Gasteiger partial charge is 0.241 e. The van der Waals surface area contributed by atoms with Crippen LogP contribution in [0, 0.1) is 13.8 Å². The minimum absolute atomic E-state index is 0.0344. The minimum Gasteiger partial charge on any atom is -0.354 e. The highest BCUT2D eigenvalue weighted by Crippen LogP contribution is 2.25. The first-order valence-corrected chi connectivity index (χ1v) is 8.35. The summed E-state index contributed by atoms with van der Waals surface area (Å²) in [6.07, 6.45) is 5.94. The van der Waals surface area contributed by atoms with E-state index < -0.39 is 0 Å². The summed E-state index contributed by atoms with van der Waals surface area (Å²) >= 11 is 0. The number of aromatic nitrogens is 4. The Morgan fingerprint density at radius 2 is 2.00 bits per heavy atom. The number of carbonyl (C=O) groups is 1. The fourth-order valence-corrected chi connectivity index (χ4v) is 2.86. The molecule has 0 atom stereocenters. The zero-order chi connectivity index (χ0) is 17.1. The van der Waals surface area contributed by atoms with Gasteiger partial charge in [-0.25, -0.2) is 9.67 Å². The van der Waals surface area contributed by atoms with Gasteiger partial charge in [0.15, 0.2) is 11.5 Å². The fourth-order valence-electron chi connectivity index (χ4n) is 2.86. The quantitative estimate of drug-likeness (QED) is 0.709. The number of rotatable bonds is 6. The van der Waals surface area contributed by atoms with Gasteiger partial charge in [0.25, 0.3) is 0 Å². The summed E-state index contributed by atoms with van der Waals surface area (Å²) in [5.41, 5.74) is 2.78. The van der Waals surface area contributed by atoms with Gasteiger partial charge in [-0.2, -0.15) is 5.10 Å². The molecule has 126 valence electrons. The van der Waals surface area contributed by atoms with Gasteiger partial charge in [0.2, 0.25) is 5.91 Å². The predicted molar refractivity (Wildman–Crippen MR) is 94.2 cm³/mol. The van der Waals surface area contributed by atoms with Crippen molar-refractivity contribution in [1.29, 1.82) is 0 Å². The lowest BCUT2D eigenvalue weighted by Crippen LogP contribution is -2.28. The van der Waals surface area contributed by atoms with Crippen LogP contribution in [0.15, 0.2) is 30.6 Å². The van der Waals surface area contributed by atoms with Gasteiger partial charge >= 0.3 is 0 Å². The molecule has 3 rings (SSSR count). The van der Waals surface area contributed by atoms with Gasteiger partial charge in [-0.3, -0.25) is 4.79 Å². The maximum Gasteiger partial charge on any atom is 0.241 e. The van der Waals surface area contributed by atoms with Crippen molar-refractivity contribution >= 4 is 16.9 Å². The molecule has 0 aliphatic rings. The minimum atomic E-state index is -0.0344. The Kier molecular flexibility index (Phi) is 4.64. The average Bonchev–Trinajstić information content (AvgIpc) is 3.16. The number of nitrogens with one attached hydrogen (secondary N) is 1. The van der Waals surface area contributed by atoms with Gasteiger partial charge in [0.1, 0.15) is 6.54 Å². The van der Waals surface area contributed by atoms with Crippen LogP contribution in [0.3, 0.4) is 0 Å². The molecule has 6 heteroatoms. The third-order valence-electron chi connectivity index (χ3n) is 4.00. The van der Waals surface area contributed by atoms with Crippen LogP contribution in [-0.4, -0.2) is 31.8 Å². The molecule has 3 aromatic rings. The van der Waals surface area contributed by atoms with Crippen LogP contribution in [0.25, 0.3) is 16.9 Å². The monoisotopic (exact) mass is 325 g/mol. The number of unbranched alkanes of at least 4 members (excludes halogenated alkanes) is 1. The van der Waals surface area contributed by atoms with Crippen LogP contribution in [0.2, 0.25) is 0 Å². The average molecular weight is 325 g/mol. The number of hydrogen-bond acceptors (Lipinski definition) is 3. The van der Waals surface area contributed by atoms with Gasteiger partial charge in [-0.05, 0) is 44.0 Å². The molecule has 1 amide bonds. The normalized spacial score (nSPS) is 11.1.